The van der Waals surface area contributed by atoms with Crippen LogP contribution in [0.25, 0.3) is 11.4 Å². The number of anilines is 1. The Labute approximate surface area is 96.3 Å². The summed E-state index contributed by atoms with van der Waals surface area (Å²) in [5, 5.41) is 4.19. The summed E-state index contributed by atoms with van der Waals surface area (Å²) in [5.41, 5.74) is 7.50. The molecule has 2 aromatic rings. The molecule has 4 nitrogen and oxygen atoms in total. The van der Waals surface area contributed by atoms with Gasteiger partial charge in [0.2, 0.25) is 0 Å². The lowest BCUT2D eigenvalue weighted by Gasteiger charge is -2.04. The highest BCUT2D eigenvalue weighted by atomic mass is 79.9. The molecule has 0 aliphatic carbocycles. The van der Waals surface area contributed by atoms with Gasteiger partial charge in [0.25, 0.3) is 0 Å². The van der Waals surface area contributed by atoms with Gasteiger partial charge in [-0.05, 0) is 25.1 Å². The molecule has 2 rings (SSSR count). The number of nitrogens with zero attached hydrogens (tertiary/aromatic N) is 3. The number of nitrogen functional groups attached to an aromatic ring is 1. The van der Waals surface area contributed by atoms with E-state index in [0.717, 1.165) is 21.7 Å². The lowest BCUT2D eigenvalue weighted by molar-refractivity contribution is 0.764. The number of rotatable bonds is 1. The van der Waals surface area contributed by atoms with Crippen LogP contribution in [0.1, 0.15) is 5.82 Å². The normalized spacial score (nSPS) is 10.6. The van der Waals surface area contributed by atoms with Crippen molar-refractivity contribution in [2.75, 3.05) is 5.73 Å². The maximum atomic E-state index is 5.90. The average molecular weight is 267 g/mol. The van der Waals surface area contributed by atoms with Gasteiger partial charge in [-0.2, -0.15) is 5.10 Å². The zero-order valence-corrected chi connectivity index (χ0v) is 10.1. The van der Waals surface area contributed by atoms with Gasteiger partial charge in [-0.3, -0.25) is 0 Å². The summed E-state index contributed by atoms with van der Waals surface area (Å²) in [5.74, 6) is 1.53. The van der Waals surface area contributed by atoms with Gasteiger partial charge in [-0.1, -0.05) is 15.9 Å². The van der Waals surface area contributed by atoms with Crippen LogP contribution in [-0.2, 0) is 7.05 Å². The van der Waals surface area contributed by atoms with Gasteiger partial charge in [0.15, 0.2) is 5.82 Å². The van der Waals surface area contributed by atoms with E-state index in [-0.39, 0.29) is 0 Å². The van der Waals surface area contributed by atoms with Gasteiger partial charge in [0.05, 0.1) is 0 Å². The first-order valence-electron chi connectivity index (χ1n) is 4.51. The highest BCUT2D eigenvalue weighted by Crippen LogP contribution is 2.27. The number of aryl methyl sites for hydroxylation is 2. The van der Waals surface area contributed by atoms with Crippen molar-refractivity contribution in [1.29, 1.82) is 0 Å². The van der Waals surface area contributed by atoms with Gasteiger partial charge in [0, 0.05) is 22.8 Å². The van der Waals surface area contributed by atoms with Crippen LogP contribution >= 0.6 is 15.9 Å². The second-order valence-electron chi connectivity index (χ2n) is 3.34. The van der Waals surface area contributed by atoms with E-state index in [2.05, 4.69) is 26.0 Å². The van der Waals surface area contributed by atoms with Crippen LogP contribution < -0.4 is 5.73 Å². The maximum absolute atomic E-state index is 5.90. The van der Waals surface area contributed by atoms with Gasteiger partial charge in [-0.15, -0.1) is 0 Å². The van der Waals surface area contributed by atoms with Crippen molar-refractivity contribution in [3.63, 3.8) is 0 Å². The Bertz CT molecular complexity index is 504. The summed E-state index contributed by atoms with van der Waals surface area (Å²) in [6.07, 6.45) is 0. The second kappa shape index (κ2) is 3.66. The molecule has 0 spiro atoms. The average Bonchev–Trinajstić information content (AvgIpc) is 2.50. The fourth-order valence-electron chi connectivity index (χ4n) is 1.47. The first-order valence-corrected chi connectivity index (χ1v) is 5.30. The number of nitrogens with two attached hydrogens (primary N) is 1. The van der Waals surface area contributed by atoms with E-state index in [1.165, 1.54) is 0 Å². The van der Waals surface area contributed by atoms with Crippen molar-refractivity contribution in [3.8, 4) is 11.4 Å². The minimum Gasteiger partial charge on any atom is -0.398 e. The fourth-order valence-corrected chi connectivity index (χ4v) is 1.83. The van der Waals surface area contributed by atoms with Crippen molar-refractivity contribution in [1.82, 2.24) is 14.8 Å². The number of hydrogen-bond donors (Lipinski definition) is 1. The van der Waals surface area contributed by atoms with Gasteiger partial charge < -0.3 is 5.73 Å². The highest BCUT2D eigenvalue weighted by molar-refractivity contribution is 9.10. The Morgan fingerprint density at radius 1 is 1.40 bits per heavy atom. The van der Waals surface area contributed by atoms with Crippen molar-refractivity contribution in [2.45, 2.75) is 6.92 Å². The predicted molar refractivity (Wildman–Crippen MR) is 63.3 cm³/mol. The summed E-state index contributed by atoms with van der Waals surface area (Å²) >= 11 is 3.41. The maximum Gasteiger partial charge on any atom is 0.160 e. The summed E-state index contributed by atoms with van der Waals surface area (Å²) in [6.45, 7) is 1.86. The van der Waals surface area contributed by atoms with Crippen LogP contribution in [-0.4, -0.2) is 14.8 Å². The Balaban J connectivity index is 2.62. The Morgan fingerprint density at radius 2 is 2.13 bits per heavy atom. The molecule has 0 saturated carbocycles. The van der Waals surface area contributed by atoms with E-state index in [1.54, 1.807) is 4.68 Å². The Hall–Kier alpha value is -1.36. The van der Waals surface area contributed by atoms with Gasteiger partial charge >= 0.3 is 0 Å². The molecule has 0 atom stereocenters. The summed E-state index contributed by atoms with van der Waals surface area (Å²) in [4.78, 5) is 4.33. The molecule has 1 aromatic heterocycles. The van der Waals surface area contributed by atoms with Crippen LogP contribution in [0.4, 0.5) is 5.69 Å². The van der Waals surface area contributed by atoms with Crippen molar-refractivity contribution in [3.05, 3.63) is 28.5 Å². The van der Waals surface area contributed by atoms with Crippen molar-refractivity contribution < 1.29 is 0 Å². The molecule has 0 aliphatic heterocycles. The first-order chi connectivity index (χ1) is 7.08. The highest BCUT2D eigenvalue weighted by Gasteiger charge is 2.10. The third kappa shape index (κ3) is 1.87. The number of aromatic nitrogens is 3. The fraction of sp³-hybridized carbons (Fsp3) is 0.200. The van der Waals surface area contributed by atoms with E-state index >= 15 is 0 Å². The lowest BCUT2D eigenvalue weighted by Crippen LogP contribution is -1.98. The molecule has 0 unspecified atom stereocenters. The minimum absolute atomic E-state index is 0.703. The van der Waals surface area contributed by atoms with E-state index in [1.807, 2.05) is 32.2 Å². The molecule has 0 amide bonds. The Morgan fingerprint density at radius 3 is 2.73 bits per heavy atom. The third-order valence-electron chi connectivity index (χ3n) is 2.13. The minimum atomic E-state index is 0.703. The molecular formula is C10H11BrN4. The van der Waals surface area contributed by atoms with Crippen LogP contribution in [0.15, 0.2) is 22.7 Å². The molecule has 0 radical (unpaired) electrons. The van der Waals surface area contributed by atoms with E-state index in [4.69, 9.17) is 5.73 Å². The molecule has 1 aromatic carbocycles. The Kier molecular flexibility index (Phi) is 2.48. The molecule has 0 saturated heterocycles. The number of halogens is 1. The zero-order valence-electron chi connectivity index (χ0n) is 8.53. The van der Waals surface area contributed by atoms with Crippen molar-refractivity contribution in [2.24, 2.45) is 7.05 Å². The molecule has 0 bridgehead atoms. The van der Waals surface area contributed by atoms with E-state index < -0.39 is 0 Å². The lowest BCUT2D eigenvalue weighted by atomic mass is 10.2. The van der Waals surface area contributed by atoms with Crippen molar-refractivity contribution >= 4 is 21.6 Å². The summed E-state index contributed by atoms with van der Waals surface area (Å²) in [6, 6.07) is 5.70. The zero-order chi connectivity index (χ0) is 11.0. The van der Waals surface area contributed by atoms with Crippen LogP contribution in [0.5, 0.6) is 0 Å². The summed E-state index contributed by atoms with van der Waals surface area (Å²) in [7, 11) is 1.86. The van der Waals surface area contributed by atoms with Crippen LogP contribution in [0.3, 0.4) is 0 Å². The molecular weight excluding hydrogens is 256 g/mol. The number of hydrogen-bond acceptors (Lipinski definition) is 3. The predicted octanol–water partition coefficient (Wildman–Crippen LogP) is 2.14. The smallest absolute Gasteiger partial charge is 0.160 e. The monoisotopic (exact) mass is 266 g/mol. The van der Waals surface area contributed by atoms with E-state index in [0.29, 0.717) is 5.69 Å². The molecule has 5 heteroatoms. The number of benzene rings is 1. The van der Waals surface area contributed by atoms with Gasteiger partial charge in [0.1, 0.15) is 5.82 Å². The summed E-state index contributed by atoms with van der Waals surface area (Å²) < 4.78 is 2.71. The van der Waals surface area contributed by atoms with Crippen LogP contribution in [0.2, 0.25) is 0 Å². The molecule has 0 aliphatic rings. The van der Waals surface area contributed by atoms with Crippen LogP contribution in [0, 0.1) is 6.92 Å². The van der Waals surface area contributed by atoms with Gasteiger partial charge in [-0.25, -0.2) is 9.67 Å². The molecule has 1 heterocycles. The first kappa shape index (κ1) is 10.2. The SMILES string of the molecule is Cc1nc(-c2cc(Br)ccc2N)n(C)n1. The molecule has 15 heavy (non-hydrogen) atoms. The molecule has 2 N–H and O–H groups in total. The topological polar surface area (TPSA) is 56.7 Å². The largest absolute Gasteiger partial charge is 0.398 e. The standard InChI is InChI=1S/C10H11BrN4/c1-6-13-10(15(2)14-6)8-5-7(11)3-4-9(8)12/h3-5H,12H2,1-2H3. The second-order valence-corrected chi connectivity index (χ2v) is 4.25. The molecule has 0 fully saturated rings. The quantitative estimate of drug-likeness (QED) is 0.805. The third-order valence-corrected chi connectivity index (χ3v) is 2.62. The molecule has 78 valence electrons. The van der Waals surface area contributed by atoms with E-state index in [9.17, 15) is 0 Å².